The number of hydrogen-bond acceptors (Lipinski definition) is 6. The maximum absolute atomic E-state index is 13.0. The Bertz CT molecular complexity index is 824. The van der Waals surface area contributed by atoms with Gasteiger partial charge in [0, 0.05) is 6.20 Å². The summed E-state index contributed by atoms with van der Waals surface area (Å²) in [4.78, 5) is 4.26. The van der Waals surface area contributed by atoms with Crippen molar-refractivity contribution < 1.29 is 21.7 Å². The quantitative estimate of drug-likeness (QED) is 0.829. The summed E-state index contributed by atoms with van der Waals surface area (Å²) in [5, 5.41) is 3.17. The van der Waals surface area contributed by atoms with Crippen LogP contribution < -0.4 is 10.1 Å². The standard InChI is InChI=1S/C16H17FN2O4S/c1-24(20,21)23-10-14-9-22-16-15(19-14)7-12(8-18-16)6-11-2-4-13(17)5-3-11/h2-5,7-8,14,19H,6,9-10H2,1H3. The van der Waals surface area contributed by atoms with Gasteiger partial charge in [-0.2, -0.15) is 8.42 Å². The van der Waals surface area contributed by atoms with Crippen LogP contribution >= 0.6 is 0 Å². The first-order valence-corrected chi connectivity index (χ1v) is 9.18. The van der Waals surface area contributed by atoms with Gasteiger partial charge in [0.2, 0.25) is 5.88 Å². The van der Waals surface area contributed by atoms with Crippen molar-refractivity contribution in [2.75, 3.05) is 24.8 Å². The van der Waals surface area contributed by atoms with Crippen molar-refractivity contribution in [2.24, 2.45) is 0 Å². The zero-order valence-electron chi connectivity index (χ0n) is 13.0. The number of nitrogens with zero attached hydrogens (tertiary/aromatic N) is 1. The smallest absolute Gasteiger partial charge is 0.264 e. The minimum atomic E-state index is -3.50. The van der Waals surface area contributed by atoms with Crippen LogP contribution in [0.5, 0.6) is 5.88 Å². The summed E-state index contributed by atoms with van der Waals surface area (Å²) in [6.45, 7) is 0.257. The highest BCUT2D eigenvalue weighted by atomic mass is 32.2. The Hall–Kier alpha value is -2.19. The van der Waals surface area contributed by atoms with Gasteiger partial charge in [0.05, 0.1) is 24.6 Å². The third kappa shape index (κ3) is 4.42. The lowest BCUT2D eigenvalue weighted by Gasteiger charge is -2.26. The molecule has 0 saturated heterocycles. The molecule has 0 radical (unpaired) electrons. The number of anilines is 1. The van der Waals surface area contributed by atoms with E-state index in [0.717, 1.165) is 17.4 Å². The molecule has 24 heavy (non-hydrogen) atoms. The molecule has 3 rings (SSSR count). The normalized spacial score (nSPS) is 16.8. The predicted molar refractivity (Wildman–Crippen MR) is 87.1 cm³/mol. The first kappa shape index (κ1) is 16.7. The van der Waals surface area contributed by atoms with Gasteiger partial charge in [0.25, 0.3) is 10.1 Å². The first-order chi connectivity index (χ1) is 11.4. The van der Waals surface area contributed by atoms with Crippen molar-refractivity contribution in [1.82, 2.24) is 4.98 Å². The molecule has 0 bridgehead atoms. The predicted octanol–water partition coefficient (Wildman–Crippen LogP) is 1.96. The average molecular weight is 352 g/mol. The SMILES string of the molecule is CS(=O)(=O)OCC1COc2ncc(Cc3ccc(F)cc3)cc2N1. The molecular formula is C16H17FN2O4S. The number of ether oxygens (including phenoxy) is 1. The molecule has 0 amide bonds. The second-order valence-electron chi connectivity index (χ2n) is 5.64. The molecule has 1 aromatic carbocycles. The third-order valence-corrected chi connectivity index (χ3v) is 4.06. The third-order valence-electron chi connectivity index (χ3n) is 3.49. The van der Waals surface area contributed by atoms with Crippen LogP contribution in [0.15, 0.2) is 36.5 Å². The molecular weight excluding hydrogens is 335 g/mol. The lowest BCUT2D eigenvalue weighted by molar-refractivity contribution is 0.219. The Balaban J connectivity index is 1.70. The van der Waals surface area contributed by atoms with E-state index in [4.69, 9.17) is 8.92 Å². The fraction of sp³-hybridized carbons (Fsp3) is 0.312. The second kappa shape index (κ2) is 6.74. The van der Waals surface area contributed by atoms with Crippen molar-refractivity contribution in [1.29, 1.82) is 0 Å². The van der Waals surface area contributed by atoms with Crippen LogP contribution in [0.3, 0.4) is 0 Å². The van der Waals surface area contributed by atoms with E-state index in [-0.39, 0.29) is 25.1 Å². The Morgan fingerprint density at radius 1 is 1.33 bits per heavy atom. The van der Waals surface area contributed by atoms with E-state index >= 15 is 0 Å². The van der Waals surface area contributed by atoms with Crippen molar-refractivity contribution in [3.05, 3.63) is 53.5 Å². The number of nitrogens with one attached hydrogen (secondary N) is 1. The zero-order chi connectivity index (χ0) is 17.2. The molecule has 0 aliphatic carbocycles. The van der Waals surface area contributed by atoms with Gasteiger partial charge in [-0.3, -0.25) is 4.18 Å². The van der Waals surface area contributed by atoms with Crippen molar-refractivity contribution in [3.8, 4) is 5.88 Å². The number of aromatic nitrogens is 1. The summed E-state index contributed by atoms with van der Waals surface area (Å²) in [5.41, 5.74) is 2.58. The molecule has 2 heterocycles. The number of hydrogen-bond donors (Lipinski definition) is 1. The van der Waals surface area contributed by atoms with E-state index < -0.39 is 10.1 Å². The van der Waals surface area contributed by atoms with Crippen LogP contribution in [0.1, 0.15) is 11.1 Å². The van der Waals surface area contributed by atoms with Crippen LogP contribution in [-0.4, -0.2) is 38.9 Å². The Morgan fingerprint density at radius 2 is 2.08 bits per heavy atom. The molecule has 8 heteroatoms. The minimum Gasteiger partial charge on any atom is -0.474 e. The van der Waals surface area contributed by atoms with Gasteiger partial charge in [-0.25, -0.2) is 9.37 Å². The van der Waals surface area contributed by atoms with E-state index in [1.165, 1.54) is 12.1 Å². The molecule has 2 aromatic rings. The van der Waals surface area contributed by atoms with Crippen LogP contribution in [0.2, 0.25) is 0 Å². The lowest BCUT2D eigenvalue weighted by Crippen LogP contribution is -2.36. The van der Waals surface area contributed by atoms with Gasteiger partial charge >= 0.3 is 0 Å². The van der Waals surface area contributed by atoms with Gasteiger partial charge in [-0.1, -0.05) is 12.1 Å². The summed E-state index contributed by atoms with van der Waals surface area (Å²) in [6.07, 6.45) is 3.32. The van der Waals surface area contributed by atoms with E-state index in [1.807, 2.05) is 6.07 Å². The molecule has 1 aliphatic rings. The van der Waals surface area contributed by atoms with Crippen molar-refractivity contribution in [2.45, 2.75) is 12.5 Å². The van der Waals surface area contributed by atoms with Gasteiger partial charge in [-0.15, -0.1) is 0 Å². The van der Waals surface area contributed by atoms with Gasteiger partial charge in [0.1, 0.15) is 12.4 Å². The van der Waals surface area contributed by atoms with E-state index in [0.29, 0.717) is 18.0 Å². The molecule has 0 spiro atoms. The van der Waals surface area contributed by atoms with Gasteiger partial charge < -0.3 is 10.1 Å². The van der Waals surface area contributed by atoms with E-state index in [1.54, 1.807) is 18.3 Å². The molecule has 1 aliphatic heterocycles. The second-order valence-corrected chi connectivity index (χ2v) is 7.28. The van der Waals surface area contributed by atoms with Crippen LogP contribution in [0, 0.1) is 5.82 Å². The van der Waals surface area contributed by atoms with Crippen molar-refractivity contribution >= 4 is 15.8 Å². The van der Waals surface area contributed by atoms with Gasteiger partial charge in [0.15, 0.2) is 0 Å². The average Bonchev–Trinajstić information content (AvgIpc) is 2.54. The Kier molecular flexibility index (Phi) is 4.68. The topological polar surface area (TPSA) is 77.5 Å². The summed E-state index contributed by atoms with van der Waals surface area (Å²) in [5.74, 6) is 0.194. The summed E-state index contributed by atoms with van der Waals surface area (Å²) in [6, 6.07) is 7.89. The van der Waals surface area contributed by atoms with Crippen LogP contribution in [-0.2, 0) is 20.7 Å². The molecule has 6 nitrogen and oxygen atoms in total. The highest BCUT2D eigenvalue weighted by Crippen LogP contribution is 2.28. The number of fused-ring (bicyclic) bond motifs is 1. The molecule has 0 fully saturated rings. The summed E-state index contributed by atoms with van der Waals surface area (Å²) >= 11 is 0. The van der Waals surface area contributed by atoms with Crippen LogP contribution in [0.25, 0.3) is 0 Å². The Labute approximate surface area is 139 Å². The molecule has 1 unspecified atom stereocenters. The maximum atomic E-state index is 13.0. The molecule has 0 saturated carbocycles. The summed E-state index contributed by atoms with van der Waals surface area (Å²) in [7, 11) is -3.50. The number of halogens is 1. The monoisotopic (exact) mass is 352 g/mol. The number of rotatable bonds is 5. The highest BCUT2D eigenvalue weighted by molar-refractivity contribution is 7.85. The molecule has 1 atom stereocenters. The maximum Gasteiger partial charge on any atom is 0.264 e. The Morgan fingerprint density at radius 3 is 2.79 bits per heavy atom. The van der Waals surface area contributed by atoms with Gasteiger partial charge in [-0.05, 0) is 35.7 Å². The van der Waals surface area contributed by atoms with Crippen LogP contribution in [0.4, 0.5) is 10.1 Å². The number of benzene rings is 1. The lowest BCUT2D eigenvalue weighted by atomic mass is 10.1. The van der Waals surface area contributed by atoms with Crippen molar-refractivity contribution in [3.63, 3.8) is 0 Å². The highest BCUT2D eigenvalue weighted by Gasteiger charge is 2.22. The molecule has 1 N–H and O–H groups in total. The minimum absolute atomic E-state index is 0.0134. The fourth-order valence-corrected chi connectivity index (χ4v) is 2.80. The van der Waals surface area contributed by atoms with E-state index in [2.05, 4.69) is 10.3 Å². The fourth-order valence-electron chi connectivity index (χ4n) is 2.39. The molecule has 1 aromatic heterocycles. The first-order valence-electron chi connectivity index (χ1n) is 7.36. The largest absolute Gasteiger partial charge is 0.474 e. The summed E-state index contributed by atoms with van der Waals surface area (Å²) < 4.78 is 45.4. The number of pyridine rings is 1. The molecule has 128 valence electrons. The zero-order valence-corrected chi connectivity index (χ0v) is 13.8. The van der Waals surface area contributed by atoms with E-state index in [9.17, 15) is 12.8 Å².